The minimum Gasteiger partial charge on any atom is -0.392 e. The van der Waals surface area contributed by atoms with Crippen molar-refractivity contribution in [3.8, 4) is 0 Å². The molecule has 1 aliphatic rings. The first kappa shape index (κ1) is 19.8. The molecule has 9 heteroatoms. The smallest absolute Gasteiger partial charge is 0.392 e. The van der Waals surface area contributed by atoms with Crippen molar-refractivity contribution in [1.82, 2.24) is 5.32 Å². The first-order valence-corrected chi connectivity index (χ1v) is 8.53. The van der Waals surface area contributed by atoms with Crippen LogP contribution < -0.4 is 16.0 Å². The Morgan fingerprint density at radius 3 is 2.36 bits per heavy atom. The second-order valence-electron chi connectivity index (χ2n) is 6.45. The number of amides is 2. The van der Waals surface area contributed by atoms with E-state index in [0.717, 1.165) is 18.2 Å². The fourth-order valence-electron chi connectivity index (χ4n) is 2.86. The summed E-state index contributed by atoms with van der Waals surface area (Å²) in [5, 5.41) is 17.6. The van der Waals surface area contributed by atoms with Crippen molar-refractivity contribution >= 4 is 23.2 Å². The average Bonchev–Trinajstić information content (AvgIpc) is 3.08. The lowest BCUT2D eigenvalue weighted by molar-refractivity contribution is -0.137. The van der Waals surface area contributed by atoms with Crippen LogP contribution in [0.15, 0.2) is 48.5 Å². The molecule has 0 bridgehead atoms. The summed E-state index contributed by atoms with van der Waals surface area (Å²) in [7, 11) is 0. The molecule has 28 heavy (non-hydrogen) atoms. The number of hydrogen-bond donors (Lipinski definition) is 4. The van der Waals surface area contributed by atoms with Gasteiger partial charge in [-0.15, -0.1) is 0 Å². The molecule has 4 N–H and O–H groups in total. The van der Waals surface area contributed by atoms with E-state index in [1.165, 1.54) is 12.1 Å². The van der Waals surface area contributed by atoms with E-state index < -0.39 is 29.8 Å². The number of β-amino-alcohol motifs (C(OH)–C–C–N with tert-alkyl or cyclic N) is 1. The van der Waals surface area contributed by atoms with Crippen LogP contribution in [0.2, 0.25) is 0 Å². The summed E-state index contributed by atoms with van der Waals surface area (Å²) in [5.74, 6) is -1.02. The Labute approximate surface area is 158 Å². The number of aliphatic hydroxyl groups excluding tert-OH is 1. The third-order valence-electron chi connectivity index (χ3n) is 4.26. The molecule has 0 aromatic heterocycles. The molecule has 3 rings (SSSR count). The largest absolute Gasteiger partial charge is 0.416 e. The van der Waals surface area contributed by atoms with Crippen LogP contribution in [-0.4, -0.2) is 35.6 Å². The van der Waals surface area contributed by atoms with Gasteiger partial charge in [-0.25, -0.2) is 0 Å². The molecule has 148 valence electrons. The van der Waals surface area contributed by atoms with Gasteiger partial charge in [0, 0.05) is 23.5 Å². The minimum absolute atomic E-state index is 0.131. The highest BCUT2D eigenvalue weighted by atomic mass is 19.4. The van der Waals surface area contributed by atoms with E-state index in [2.05, 4.69) is 16.0 Å². The molecule has 2 amide bonds. The van der Waals surface area contributed by atoms with E-state index in [4.69, 9.17) is 0 Å². The summed E-state index contributed by atoms with van der Waals surface area (Å²) in [6.07, 6.45) is -4.81. The Morgan fingerprint density at radius 2 is 1.71 bits per heavy atom. The topological polar surface area (TPSA) is 90.5 Å². The van der Waals surface area contributed by atoms with Gasteiger partial charge in [0.1, 0.15) is 0 Å². The van der Waals surface area contributed by atoms with Crippen molar-refractivity contribution in [1.29, 1.82) is 0 Å². The maximum atomic E-state index is 12.8. The third-order valence-corrected chi connectivity index (χ3v) is 4.26. The number of benzene rings is 2. The second kappa shape index (κ2) is 7.99. The first-order valence-electron chi connectivity index (χ1n) is 8.53. The fraction of sp³-hybridized carbons (Fsp3) is 0.263. The number of aliphatic hydroxyl groups is 1. The lowest BCUT2D eigenvalue weighted by Crippen LogP contribution is -2.35. The highest BCUT2D eigenvalue weighted by molar-refractivity contribution is 6.05. The fourth-order valence-corrected chi connectivity index (χ4v) is 2.86. The first-order chi connectivity index (χ1) is 13.2. The van der Waals surface area contributed by atoms with Crippen LogP contribution in [0, 0.1) is 0 Å². The predicted molar refractivity (Wildman–Crippen MR) is 96.9 cm³/mol. The van der Waals surface area contributed by atoms with Crippen molar-refractivity contribution in [3.05, 3.63) is 59.7 Å². The van der Waals surface area contributed by atoms with Crippen LogP contribution in [0.1, 0.15) is 22.3 Å². The number of halogens is 3. The van der Waals surface area contributed by atoms with E-state index in [-0.39, 0.29) is 11.5 Å². The van der Waals surface area contributed by atoms with Crippen molar-refractivity contribution < 1.29 is 27.9 Å². The van der Waals surface area contributed by atoms with Crippen LogP contribution in [0.4, 0.5) is 24.5 Å². The van der Waals surface area contributed by atoms with Gasteiger partial charge in [0.15, 0.2) is 0 Å². The molecule has 0 radical (unpaired) electrons. The summed E-state index contributed by atoms with van der Waals surface area (Å²) in [6, 6.07) is 9.85. The summed E-state index contributed by atoms with van der Waals surface area (Å²) in [5.41, 5.74) is -0.310. The standard InChI is InChI=1S/C19H18F3N3O3/c20-19(21,22)12-4-1-3-11(7-12)17(27)24-13-5-2-6-14(8-13)25-18(28)16-9-15(26)10-23-16/h1-8,15-16,23,26H,9-10H2,(H,24,27)(H,25,28). The number of carbonyl (C=O) groups excluding carboxylic acids is 2. The van der Waals surface area contributed by atoms with E-state index >= 15 is 0 Å². The number of nitrogens with one attached hydrogen (secondary N) is 3. The number of alkyl halides is 3. The minimum atomic E-state index is -4.54. The van der Waals surface area contributed by atoms with Crippen LogP contribution in [0.5, 0.6) is 0 Å². The lowest BCUT2D eigenvalue weighted by Gasteiger charge is -2.13. The zero-order chi connectivity index (χ0) is 20.3. The summed E-state index contributed by atoms with van der Waals surface area (Å²) < 4.78 is 38.4. The number of rotatable bonds is 4. The molecule has 6 nitrogen and oxygen atoms in total. The van der Waals surface area contributed by atoms with Crippen molar-refractivity contribution in [2.24, 2.45) is 0 Å². The van der Waals surface area contributed by atoms with E-state index in [1.807, 2.05) is 0 Å². The van der Waals surface area contributed by atoms with E-state index in [9.17, 15) is 27.9 Å². The molecule has 2 atom stereocenters. The van der Waals surface area contributed by atoms with Gasteiger partial charge in [-0.05, 0) is 42.8 Å². The zero-order valence-electron chi connectivity index (χ0n) is 14.6. The van der Waals surface area contributed by atoms with Crippen molar-refractivity contribution in [2.75, 3.05) is 17.2 Å². The molecule has 0 saturated carbocycles. The normalized spacial score (nSPS) is 19.3. The summed E-state index contributed by atoms with van der Waals surface area (Å²) in [6.45, 7) is 0.338. The molecular weight excluding hydrogens is 375 g/mol. The van der Waals surface area contributed by atoms with Gasteiger partial charge in [-0.1, -0.05) is 12.1 Å². The Morgan fingerprint density at radius 1 is 1.04 bits per heavy atom. The van der Waals surface area contributed by atoms with Gasteiger partial charge in [0.25, 0.3) is 5.91 Å². The van der Waals surface area contributed by atoms with Crippen molar-refractivity contribution in [3.63, 3.8) is 0 Å². The molecule has 0 aliphatic carbocycles. The van der Waals surface area contributed by atoms with Gasteiger partial charge < -0.3 is 21.1 Å². The highest BCUT2D eigenvalue weighted by Gasteiger charge is 2.31. The lowest BCUT2D eigenvalue weighted by atomic mass is 10.1. The monoisotopic (exact) mass is 393 g/mol. The average molecular weight is 393 g/mol. The molecule has 1 saturated heterocycles. The summed E-state index contributed by atoms with van der Waals surface area (Å²) >= 11 is 0. The van der Waals surface area contributed by atoms with Gasteiger partial charge in [-0.3, -0.25) is 9.59 Å². The van der Waals surface area contributed by atoms with Crippen LogP contribution in [-0.2, 0) is 11.0 Å². The molecule has 1 heterocycles. The predicted octanol–water partition coefficient (Wildman–Crippen LogP) is 2.62. The van der Waals surface area contributed by atoms with Gasteiger partial charge in [0.05, 0.1) is 17.7 Å². The maximum Gasteiger partial charge on any atom is 0.416 e. The van der Waals surface area contributed by atoms with Crippen LogP contribution >= 0.6 is 0 Å². The molecule has 2 aromatic rings. The Kier molecular flexibility index (Phi) is 5.66. The number of anilines is 2. The number of hydrogen-bond acceptors (Lipinski definition) is 4. The van der Waals surface area contributed by atoms with Gasteiger partial charge >= 0.3 is 6.18 Å². The molecule has 2 unspecified atom stereocenters. The number of carbonyl (C=O) groups is 2. The molecule has 2 aromatic carbocycles. The SMILES string of the molecule is O=C(Nc1cccc(NC(=O)C2CC(O)CN2)c1)c1cccc(C(F)(F)F)c1. The molecule has 1 aliphatic heterocycles. The van der Waals surface area contributed by atoms with E-state index in [0.29, 0.717) is 24.3 Å². The van der Waals surface area contributed by atoms with Crippen molar-refractivity contribution in [2.45, 2.75) is 24.7 Å². The molecular formula is C19H18F3N3O3. The Balaban J connectivity index is 1.67. The quantitative estimate of drug-likeness (QED) is 0.643. The second-order valence-corrected chi connectivity index (χ2v) is 6.45. The highest BCUT2D eigenvalue weighted by Crippen LogP contribution is 2.29. The Hall–Kier alpha value is -2.91. The van der Waals surface area contributed by atoms with Gasteiger partial charge in [0.2, 0.25) is 5.91 Å². The third kappa shape index (κ3) is 4.87. The van der Waals surface area contributed by atoms with Crippen LogP contribution in [0.3, 0.4) is 0 Å². The molecule has 0 spiro atoms. The van der Waals surface area contributed by atoms with E-state index in [1.54, 1.807) is 18.2 Å². The zero-order valence-corrected chi connectivity index (χ0v) is 14.6. The van der Waals surface area contributed by atoms with Crippen LogP contribution in [0.25, 0.3) is 0 Å². The van der Waals surface area contributed by atoms with Gasteiger partial charge in [-0.2, -0.15) is 13.2 Å². The Bertz CT molecular complexity index is 886. The maximum absolute atomic E-state index is 12.8. The summed E-state index contributed by atoms with van der Waals surface area (Å²) in [4.78, 5) is 24.4. The molecule has 1 fully saturated rings.